The number of benzene rings is 1. The summed E-state index contributed by atoms with van der Waals surface area (Å²) in [5.41, 5.74) is 3.25. The molecule has 1 amide bonds. The highest BCUT2D eigenvalue weighted by molar-refractivity contribution is 6.08. The van der Waals surface area contributed by atoms with Crippen LogP contribution in [0.5, 0.6) is 5.75 Å². The summed E-state index contributed by atoms with van der Waals surface area (Å²) < 4.78 is 13.1. The first-order valence-electron chi connectivity index (χ1n) is 10.9. The predicted molar refractivity (Wildman–Crippen MR) is 125 cm³/mol. The molecule has 1 saturated heterocycles. The smallest absolute Gasteiger partial charge is 0.252 e. The van der Waals surface area contributed by atoms with Gasteiger partial charge in [-0.3, -0.25) is 4.79 Å². The van der Waals surface area contributed by atoms with Gasteiger partial charge in [0, 0.05) is 31.6 Å². The van der Waals surface area contributed by atoms with Crippen LogP contribution in [0.3, 0.4) is 0 Å². The zero-order chi connectivity index (χ0) is 23.3. The molecule has 10 nitrogen and oxygen atoms in total. The van der Waals surface area contributed by atoms with E-state index in [0.29, 0.717) is 36.2 Å². The highest BCUT2D eigenvalue weighted by atomic mass is 16.5. The minimum absolute atomic E-state index is 0.0952. The maximum absolute atomic E-state index is 12.9. The summed E-state index contributed by atoms with van der Waals surface area (Å²) in [5, 5.41) is 6.31. The lowest BCUT2D eigenvalue weighted by molar-refractivity contribution is -0.131. The second kappa shape index (κ2) is 7.73. The van der Waals surface area contributed by atoms with E-state index in [4.69, 9.17) is 14.5 Å². The van der Waals surface area contributed by atoms with Gasteiger partial charge in [0.2, 0.25) is 5.95 Å². The molecule has 10 heteroatoms. The number of aromatic nitrogens is 4. The molecule has 3 aromatic rings. The van der Waals surface area contributed by atoms with Gasteiger partial charge in [-0.05, 0) is 32.4 Å². The molecule has 0 aliphatic carbocycles. The quantitative estimate of drug-likeness (QED) is 0.592. The van der Waals surface area contributed by atoms with Crippen LogP contribution < -0.4 is 20.3 Å². The van der Waals surface area contributed by atoms with E-state index in [-0.39, 0.29) is 12.0 Å². The molecule has 0 unspecified atom stereocenters. The highest BCUT2D eigenvalue weighted by Crippen LogP contribution is 2.46. The van der Waals surface area contributed by atoms with E-state index >= 15 is 0 Å². The van der Waals surface area contributed by atoms with Crippen molar-refractivity contribution in [3.8, 4) is 11.4 Å². The number of amides is 1. The van der Waals surface area contributed by atoms with Crippen LogP contribution in [0.15, 0.2) is 30.7 Å². The number of fused-ring (bicyclic) bond motifs is 3. The number of methoxy groups -OCH3 is 2. The van der Waals surface area contributed by atoms with Gasteiger partial charge in [0.1, 0.15) is 23.1 Å². The van der Waals surface area contributed by atoms with Crippen molar-refractivity contribution < 1.29 is 14.3 Å². The Morgan fingerprint density at radius 3 is 2.79 bits per heavy atom. The van der Waals surface area contributed by atoms with Gasteiger partial charge in [-0.2, -0.15) is 4.98 Å². The molecular weight excluding hydrogens is 422 g/mol. The van der Waals surface area contributed by atoms with E-state index < -0.39 is 5.54 Å². The third-order valence-corrected chi connectivity index (χ3v) is 6.50. The molecule has 0 radical (unpaired) electrons. The third-order valence-electron chi connectivity index (χ3n) is 6.50. The number of hydrogen-bond donors (Lipinski definition) is 2. The molecule has 0 saturated carbocycles. The van der Waals surface area contributed by atoms with Gasteiger partial charge < -0.3 is 29.6 Å². The summed E-state index contributed by atoms with van der Waals surface area (Å²) in [4.78, 5) is 28.6. The van der Waals surface area contributed by atoms with Crippen molar-refractivity contribution in [1.29, 1.82) is 0 Å². The van der Waals surface area contributed by atoms with Gasteiger partial charge >= 0.3 is 0 Å². The summed E-state index contributed by atoms with van der Waals surface area (Å²) >= 11 is 0. The summed E-state index contributed by atoms with van der Waals surface area (Å²) in [5.74, 6) is 1.76. The van der Waals surface area contributed by atoms with Gasteiger partial charge in [-0.1, -0.05) is 6.92 Å². The number of rotatable bonds is 6. The molecule has 0 spiro atoms. The lowest BCUT2D eigenvalue weighted by Gasteiger charge is -2.57. The van der Waals surface area contributed by atoms with E-state index in [9.17, 15) is 4.79 Å². The van der Waals surface area contributed by atoms with Crippen molar-refractivity contribution in [1.82, 2.24) is 19.5 Å². The van der Waals surface area contributed by atoms with Crippen LogP contribution in [0, 0.1) is 6.92 Å². The summed E-state index contributed by atoms with van der Waals surface area (Å²) in [6, 6.07) is 5.80. The molecule has 1 aromatic carbocycles. The zero-order valence-corrected chi connectivity index (χ0v) is 19.3. The number of carbonyl (C=O) groups excluding carboxylic acids is 1. The lowest BCUT2D eigenvalue weighted by atomic mass is 9.80. The summed E-state index contributed by atoms with van der Waals surface area (Å²) in [7, 11) is 3.26. The summed E-state index contributed by atoms with van der Waals surface area (Å²) in [6.45, 7) is 6.43. The maximum atomic E-state index is 12.9. The Balaban J connectivity index is 1.49. The molecule has 2 atom stereocenters. The standard InChI is InChI=1S/C23H27N7O3/c1-6-15-19-20(30-11-18(33-5)23(30,3)21(31)27-19)28-22(26-15)25-14-7-8-16(17(9-14)32-4)29-10-13(2)24-12-29/h7-10,12,18H,6,11H2,1-5H3,(H,27,31)(H,25,26,28)/t18-,23+/m0/s1. The van der Waals surface area contributed by atoms with E-state index in [0.717, 1.165) is 22.8 Å². The molecule has 4 heterocycles. The lowest BCUT2D eigenvalue weighted by Crippen LogP contribution is -2.77. The molecule has 2 aliphatic rings. The molecule has 2 aliphatic heterocycles. The van der Waals surface area contributed by atoms with Crippen LogP contribution in [0.1, 0.15) is 25.2 Å². The van der Waals surface area contributed by atoms with Crippen LogP contribution in [-0.4, -0.2) is 57.8 Å². The Hall–Kier alpha value is -3.66. The van der Waals surface area contributed by atoms with Gasteiger partial charge in [0.05, 0.1) is 30.5 Å². The number of carbonyl (C=O) groups is 1. The van der Waals surface area contributed by atoms with Crippen LogP contribution in [0.2, 0.25) is 0 Å². The number of hydrogen-bond acceptors (Lipinski definition) is 8. The second-order valence-corrected chi connectivity index (χ2v) is 8.42. The SMILES string of the molecule is CCc1nc(Nc2ccc(-n3cnc(C)c3)c(OC)c2)nc2c1NC(=O)[C@@]1(C)[C@@H](OC)CN21. The third kappa shape index (κ3) is 3.20. The molecule has 2 aromatic heterocycles. The van der Waals surface area contributed by atoms with Gasteiger partial charge in [0.15, 0.2) is 5.82 Å². The van der Waals surface area contributed by atoms with Crippen molar-refractivity contribution in [3.05, 3.63) is 42.1 Å². The van der Waals surface area contributed by atoms with Crippen LogP contribution in [-0.2, 0) is 16.0 Å². The first-order chi connectivity index (χ1) is 15.9. The first kappa shape index (κ1) is 21.2. The Morgan fingerprint density at radius 2 is 2.12 bits per heavy atom. The van der Waals surface area contributed by atoms with Crippen molar-refractivity contribution >= 4 is 29.0 Å². The number of anilines is 4. The predicted octanol–water partition coefficient (Wildman–Crippen LogP) is 2.83. The van der Waals surface area contributed by atoms with Crippen LogP contribution >= 0.6 is 0 Å². The number of aryl methyl sites for hydroxylation is 2. The van der Waals surface area contributed by atoms with E-state index in [1.807, 2.05) is 54.6 Å². The number of imidazole rings is 1. The fourth-order valence-corrected chi connectivity index (χ4v) is 4.49. The molecule has 5 rings (SSSR count). The van der Waals surface area contributed by atoms with E-state index in [1.165, 1.54) is 0 Å². The van der Waals surface area contributed by atoms with E-state index in [1.54, 1.807) is 20.5 Å². The second-order valence-electron chi connectivity index (χ2n) is 8.42. The van der Waals surface area contributed by atoms with E-state index in [2.05, 4.69) is 20.6 Å². The molecule has 1 fully saturated rings. The van der Waals surface area contributed by atoms with Crippen LogP contribution in [0.4, 0.5) is 23.1 Å². The van der Waals surface area contributed by atoms with Gasteiger partial charge in [-0.15, -0.1) is 0 Å². The monoisotopic (exact) mass is 449 g/mol. The molecule has 33 heavy (non-hydrogen) atoms. The largest absolute Gasteiger partial charge is 0.494 e. The Morgan fingerprint density at radius 1 is 1.30 bits per heavy atom. The molecule has 172 valence electrons. The minimum atomic E-state index is -0.786. The Kier molecular flexibility index (Phi) is 4.97. The zero-order valence-electron chi connectivity index (χ0n) is 19.3. The summed E-state index contributed by atoms with van der Waals surface area (Å²) in [6.07, 6.45) is 4.16. The Bertz CT molecular complexity index is 1240. The number of nitrogens with one attached hydrogen (secondary N) is 2. The van der Waals surface area contributed by atoms with Gasteiger partial charge in [-0.25, -0.2) is 9.97 Å². The van der Waals surface area contributed by atoms with Crippen molar-refractivity contribution in [2.24, 2.45) is 0 Å². The normalized spacial score (nSPS) is 21.1. The molecule has 0 bridgehead atoms. The molecule has 2 N–H and O–H groups in total. The topological polar surface area (TPSA) is 106 Å². The van der Waals surface area contributed by atoms with Crippen molar-refractivity contribution in [3.63, 3.8) is 0 Å². The average molecular weight is 450 g/mol. The number of nitrogens with zero attached hydrogens (tertiary/aromatic N) is 5. The maximum Gasteiger partial charge on any atom is 0.252 e. The fraction of sp³-hybridized carbons (Fsp3) is 0.391. The molecular formula is C23H27N7O3. The average Bonchev–Trinajstić information content (AvgIpc) is 3.24. The highest BCUT2D eigenvalue weighted by Gasteiger charge is 2.59. The minimum Gasteiger partial charge on any atom is -0.494 e. The first-order valence-corrected chi connectivity index (χ1v) is 10.9. The van der Waals surface area contributed by atoms with Crippen LogP contribution in [0.25, 0.3) is 5.69 Å². The van der Waals surface area contributed by atoms with Crippen molar-refractivity contribution in [2.45, 2.75) is 38.8 Å². The number of ether oxygens (including phenoxy) is 2. The Labute approximate surface area is 192 Å². The van der Waals surface area contributed by atoms with Gasteiger partial charge in [0.25, 0.3) is 5.91 Å². The fourth-order valence-electron chi connectivity index (χ4n) is 4.49. The van der Waals surface area contributed by atoms with Crippen molar-refractivity contribution in [2.75, 3.05) is 36.3 Å².